The summed E-state index contributed by atoms with van der Waals surface area (Å²) in [7, 11) is 0. The minimum Gasteiger partial charge on any atom is -0.256 e. The van der Waals surface area contributed by atoms with Gasteiger partial charge in [0, 0.05) is 27.4 Å². The third kappa shape index (κ3) is 17.7. The Labute approximate surface area is 349 Å². The molecular weight excluding hydrogens is 718 g/mol. The predicted molar refractivity (Wildman–Crippen MR) is 252 cm³/mol. The number of nitrogens with zero attached hydrogens (tertiary/aromatic N) is 1. The normalized spacial score (nSPS) is 16.4. The van der Waals surface area contributed by atoms with Gasteiger partial charge < -0.3 is 0 Å². The zero-order valence-corrected chi connectivity index (χ0v) is 39.6. The first-order valence-corrected chi connectivity index (χ1v) is 21.9. The zero-order chi connectivity index (χ0) is 41.9. The van der Waals surface area contributed by atoms with Gasteiger partial charge in [0.1, 0.15) is 0 Å². The van der Waals surface area contributed by atoms with Crippen molar-refractivity contribution in [3.8, 4) is 0 Å². The molecule has 0 amide bonds. The number of allylic oxidation sites excluding steroid dienone is 6. The second kappa shape index (κ2) is 25.1. The van der Waals surface area contributed by atoms with Gasteiger partial charge in [-0.15, -0.1) is 0 Å². The molecule has 302 valence electrons. The Morgan fingerprint density at radius 2 is 1.37 bits per heavy atom. The molecule has 1 fully saturated rings. The minimum atomic E-state index is 0.241. The summed E-state index contributed by atoms with van der Waals surface area (Å²) in [4.78, 5) is 4.40. The average Bonchev–Trinajstić information content (AvgIpc) is 3.79. The molecule has 2 atom stereocenters. The number of para-hydroxylation sites is 1. The quantitative estimate of drug-likeness (QED) is 0.194. The maximum Gasteiger partial charge on any atom is 0.0704 e. The van der Waals surface area contributed by atoms with Gasteiger partial charge in [-0.2, -0.15) is 12.6 Å². The van der Waals surface area contributed by atoms with Crippen molar-refractivity contribution in [2.45, 2.75) is 154 Å². The highest BCUT2D eigenvalue weighted by atomic mass is 35.5. The van der Waals surface area contributed by atoms with E-state index in [1.807, 2.05) is 58.2 Å². The van der Waals surface area contributed by atoms with Crippen LogP contribution in [0.1, 0.15) is 152 Å². The van der Waals surface area contributed by atoms with Crippen molar-refractivity contribution in [2.75, 3.05) is 5.75 Å². The summed E-state index contributed by atoms with van der Waals surface area (Å²) in [6.07, 6.45) is 13.2. The molecule has 5 rings (SSSR count). The van der Waals surface area contributed by atoms with E-state index in [2.05, 4.69) is 150 Å². The molecule has 0 radical (unpaired) electrons. The van der Waals surface area contributed by atoms with Gasteiger partial charge in [0.2, 0.25) is 0 Å². The lowest BCUT2D eigenvalue weighted by Gasteiger charge is -2.26. The molecule has 1 heterocycles. The number of hydrogen-bond acceptors (Lipinski definition) is 2. The summed E-state index contributed by atoms with van der Waals surface area (Å²) >= 11 is 15.9. The number of benzene rings is 2. The van der Waals surface area contributed by atoms with Crippen LogP contribution in [0, 0.1) is 17.3 Å². The van der Waals surface area contributed by atoms with Gasteiger partial charge >= 0.3 is 0 Å². The third-order valence-electron chi connectivity index (χ3n) is 9.93. The van der Waals surface area contributed by atoms with E-state index < -0.39 is 0 Å². The molecule has 3 aromatic rings. The van der Waals surface area contributed by atoms with Crippen LogP contribution in [0.5, 0.6) is 0 Å². The summed E-state index contributed by atoms with van der Waals surface area (Å²) in [6.45, 7) is 39.2. The van der Waals surface area contributed by atoms with Crippen molar-refractivity contribution < 1.29 is 0 Å². The van der Waals surface area contributed by atoms with Gasteiger partial charge in [-0.25, -0.2) is 0 Å². The number of hydrogen-bond donors (Lipinski definition) is 1. The Kier molecular flexibility index (Phi) is 24.0. The van der Waals surface area contributed by atoms with Gasteiger partial charge in [0.05, 0.1) is 5.52 Å². The van der Waals surface area contributed by atoms with E-state index in [1.54, 1.807) is 0 Å². The van der Waals surface area contributed by atoms with E-state index in [0.717, 1.165) is 47.2 Å². The first kappa shape index (κ1) is 51.7. The maximum atomic E-state index is 5.91. The molecule has 1 aromatic heterocycles. The Balaban J connectivity index is 0.000000695. The van der Waals surface area contributed by atoms with Crippen molar-refractivity contribution in [3.05, 3.63) is 123 Å². The number of pyridine rings is 1. The number of aryl methyl sites for hydroxylation is 1. The van der Waals surface area contributed by atoms with Crippen molar-refractivity contribution >= 4 is 46.7 Å². The molecule has 0 bridgehead atoms. The van der Waals surface area contributed by atoms with Gasteiger partial charge in [0.15, 0.2) is 0 Å². The molecule has 0 spiro atoms. The van der Waals surface area contributed by atoms with Crippen molar-refractivity contribution in [2.24, 2.45) is 17.3 Å². The van der Waals surface area contributed by atoms with Crippen molar-refractivity contribution in [3.63, 3.8) is 0 Å². The Hall–Kier alpha value is -2.26. The van der Waals surface area contributed by atoms with Crippen LogP contribution in [0.25, 0.3) is 10.9 Å². The molecule has 0 saturated heterocycles. The number of fused-ring (bicyclic) bond motifs is 1. The first-order chi connectivity index (χ1) is 25.3. The summed E-state index contributed by atoms with van der Waals surface area (Å²) in [6, 6.07) is 17.6. The van der Waals surface area contributed by atoms with Crippen LogP contribution in [-0.2, 0) is 23.7 Å². The van der Waals surface area contributed by atoms with Gasteiger partial charge in [-0.1, -0.05) is 201 Å². The highest BCUT2D eigenvalue weighted by Crippen LogP contribution is 2.45. The van der Waals surface area contributed by atoms with Crippen LogP contribution in [0.15, 0.2) is 101 Å². The fraction of sp³-hybridized carbons (Fsp3) is 0.540. The minimum absolute atomic E-state index is 0.241. The van der Waals surface area contributed by atoms with Crippen LogP contribution < -0.4 is 0 Å². The zero-order valence-electron chi connectivity index (χ0n) is 37.2. The highest BCUT2D eigenvalue weighted by molar-refractivity contribution is 7.80. The van der Waals surface area contributed by atoms with Crippen LogP contribution in [-0.4, -0.2) is 10.7 Å². The molecule has 1 nitrogen and oxygen atoms in total. The fourth-order valence-electron chi connectivity index (χ4n) is 5.70. The summed E-state index contributed by atoms with van der Waals surface area (Å²) in [5, 5.41) is 2.71. The van der Waals surface area contributed by atoms with E-state index in [0.29, 0.717) is 16.2 Å². The first-order valence-electron chi connectivity index (χ1n) is 20.5. The predicted octanol–water partition coefficient (Wildman–Crippen LogP) is 16.8. The van der Waals surface area contributed by atoms with Gasteiger partial charge in [-0.05, 0) is 99.8 Å². The smallest absolute Gasteiger partial charge is 0.0704 e. The third-order valence-corrected chi connectivity index (χ3v) is 11.0. The van der Waals surface area contributed by atoms with E-state index in [-0.39, 0.29) is 10.8 Å². The number of halogens is 2. The molecule has 0 N–H and O–H groups in total. The number of thiol groups is 1. The van der Waals surface area contributed by atoms with Crippen molar-refractivity contribution in [1.29, 1.82) is 0 Å². The van der Waals surface area contributed by atoms with Crippen LogP contribution in [0.2, 0.25) is 0 Å². The second-order valence-electron chi connectivity index (χ2n) is 16.5. The number of aromatic nitrogens is 1. The Bertz CT molecular complexity index is 1610. The maximum absolute atomic E-state index is 5.91. The molecule has 0 aliphatic heterocycles. The Morgan fingerprint density at radius 1 is 0.833 bits per heavy atom. The lowest BCUT2D eigenvalue weighted by atomic mass is 9.79. The van der Waals surface area contributed by atoms with E-state index in [1.165, 1.54) is 46.1 Å². The molecule has 1 saturated carbocycles. The lowest BCUT2D eigenvalue weighted by molar-refractivity contribution is 0.350. The molecule has 2 aliphatic carbocycles. The largest absolute Gasteiger partial charge is 0.256 e. The van der Waals surface area contributed by atoms with Gasteiger partial charge in [0.25, 0.3) is 0 Å². The Morgan fingerprint density at radius 3 is 1.80 bits per heavy atom. The molecule has 2 unspecified atom stereocenters. The van der Waals surface area contributed by atoms with E-state index in [4.69, 9.17) is 23.2 Å². The van der Waals surface area contributed by atoms with Crippen molar-refractivity contribution in [1.82, 2.24) is 4.98 Å². The van der Waals surface area contributed by atoms with Crippen LogP contribution >= 0.6 is 35.8 Å². The molecule has 4 heteroatoms. The molecule has 54 heavy (non-hydrogen) atoms. The summed E-state index contributed by atoms with van der Waals surface area (Å²) in [5.74, 6) is 2.29. The fourth-order valence-corrected chi connectivity index (χ4v) is 6.79. The van der Waals surface area contributed by atoms with E-state index in [9.17, 15) is 0 Å². The molecule has 2 aliphatic rings. The number of rotatable bonds is 6. The molecule has 2 aromatic carbocycles. The molecular formula is C50H77Cl2NS. The topological polar surface area (TPSA) is 12.9 Å². The van der Waals surface area contributed by atoms with Gasteiger partial charge in [-0.3, -0.25) is 4.98 Å². The standard InChI is InChI=1S/C16H26.C15H19N.C8H8Cl2S.C7H12.2C2H6/c1-8-12-9-13(15(2,3)4)11-14(10-12)16(5,6)7;1-4-15(2,3)11-12-9-10-16-14-8-6-5-7-13(12)14;9-7-3-1-2-4-8(10)6(7)5-11;1-4-7-5(2)6(7)3;2*1-2/h9-11H,8H2,1-7H3;5-10H,4,11H2,1-3H3;1,3-4,11H,2,5H2;6-7H,2,4H2,1,3H3;2*1-2H3. The summed E-state index contributed by atoms with van der Waals surface area (Å²) in [5.41, 5.74) is 10.1. The second-order valence-corrected chi connectivity index (χ2v) is 17.6. The SMILES string of the molecule is C=C1C(C)C1CC.CC.CC.CCC(C)(C)Cc1ccnc2ccccc12.CCc1cc(C(C)(C)C)cc(C(C)(C)C)c1.SCC1=C(Cl)C=CCC=C1Cl. The van der Waals surface area contributed by atoms with E-state index >= 15 is 0 Å². The highest BCUT2D eigenvalue weighted by Gasteiger charge is 2.35. The van der Waals surface area contributed by atoms with Crippen LogP contribution in [0.4, 0.5) is 0 Å². The van der Waals surface area contributed by atoms with Crippen LogP contribution in [0.3, 0.4) is 0 Å². The lowest BCUT2D eigenvalue weighted by Crippen LogP contribution is -2.16. The monoisotopic (exact) mass is 794 g/mol. The summed E-state index contributed by atoms with van der Waals surface area (Å²) < 4.78 is 0. The average molecular weight is 795 g/mol.